The van der Waals surface area contributed by atoms with Crippen LogP contribution in [0.1, 0.15) is 118 Å². The second-order valence-corrected chi connectivity index (χ2v) is 16.2. The molecule has 0 aliphatic rings. The lowest BCUT2D eigenvalue weighted by molar-refractivity contribution is 0.101. The van der Waals surface area contributed by atoms with E-state index in [0.717, 1.165) is 69.3 Å². The van der Waals surface area contributed by atoms with Crippen LogP contribution in [0, 0.1) is 27.7 Å². The lowest BCUT2D eigenvalue weighted by atomic mass is 10.0. The number of carbonyl (C=O) groups excluding carboxylic acids is 3. The second-order valence-electron chi connectivity index (χ2n) is 13.8. The number of unbranched alkanes of at least 4 members (excludes halogenated alkanes) is 4. The Kier molecular flexibility index (Phi) is 23.9. The molecule has 0 unspecified atom stereocenters. The van der Waals surface area contributed by atoms with Crippen molar-refractivity contribution in [3.8, 4) is 23.0 Å². The summed E-state index contributed by atoms with van der Waals surface area (Å²) in [6.45, 7) is 14.7. The zero-order valence-corrected chi connectivity index (χ0v) is 36.5. The third kappa shape index (κ3) is 19.5. The Morgan fingerprint density at radius 2 is 1.00 bits per heavy atom. The lowest BCUT2D eigenvalue weighted by Crippen LogP contribution is -2.01. The molecule has 0 aliphatic heterocycles. The van der Waals surface area contributed by atoms with Crippen molar-refractivity contribution in [2.45, 2.75) is 87.0 Å². The molecule has 57 heavy (non-hydrogen) atoms. The Morgan fingerprint density at radius 1 is 0.596 bits per heavy atom. The van der Waals surface area contributed by atoms with Crippen molar-refractivity contribution in [1.82, 2.24) is 0 Å². The van der Waals surface area contributed by atoms with Gasteiger partial charge in [0, 0.05) is 28.2 Å². The van der Waals surface area contributed by atoms with Gasteiger partial charge in [-0.15, -0.1) is 0 Å². The van der Waals surface area contributed by atoms with Crippen LogP contribution in [0.2, 0.25) is 0 Å². The Morgan fingerprint density at radius 3 is 1.39 bits per heavy atom. The fourth-order valence-corrected chi connectivity index (χ4v) is 7.09. The molecule has 4 aromatic carbocycles. The van der Waals surface area contributed by atoms with E-state index in [-0.39, 0.29) is 17.3 Å². The third-order valence-electron chi connectivity index (χ3n) is 8.77. The van der Waals surface area contributed by atoms with E-state index in [9.17, 15) is 24.6 Å². The maximum absolute atomic E-state index is 12.4. The number of thioether (sulfide) groups is 2. The van der Waals surface area contributed by atoms with Crippen molar-refractivity contribution in [2.24, 2.45) is 0 Å². The first kappa shape index (κ1) is 48.7. The SMILES string of the molecule is CCCCCSCCOc1ccc(C(=O)/C=C/c2cc(C)c(O)c(C)c2)cc1.CCCCCSCCOc1ccc(C(C)=O)cc1.Cc1cc(C=O)cc(C)c1O. The number of phenols is 2. The molecular formula is C48H62O7S2. The maximum atomic E-state index is 12.4. The average Bonchev–Trinajstić information content (AvgIpc) is 3.21. The van der Waals surface area contributed by atoms with Gasteiger partial charge < -0.3 is 19.7 Å². The molecule has 4 rings (SSSR count). The molecule has 0 bridgehead atoms. The molecule has 9 heteroatoms. The lowest BCUT2D eigenvalue weighted by Gasteiger charge is -2.07. The number of ether oxygens (including phenoxy) is 2. The highest BCUT2D eigenvalue weighted by Crippen LogP contribution is 2.24. The van der Waals surface area contributed by atoms with Crippen LogP contribution in [-0.4, -0.2) is 64.3 Å². The molecule has 2 N–H and O–H groups in total. The summed E-state index contributed by atoms with van der Waals surface area (Å²) in [6, 6.07) is 21.7. The van der Waals surface area contributed by atoms with E-state index in [0.29, 0.717) is 23.5 Å². The molecular weight excluding hydrogens is 753 g/mol. The Balaban J connectivity index is 0.000000329. The van der Waals surface area contributed by atoms with Gasteiger partial charge in [0.15, 0.2) is 11.6 Å². The molecule has 0 fully saturated rings. The van der Waals surface area contributed by atoms with Crippen molar-refractivity contribution in [1.29, 1.82) is 0 Å². The predicted octanol–water partition coefficient (Wildman–Crippen LogP) is 12.2. The number of Topliss-reactive ketones (excluding diaryl/α,β-unsaturated/α-hetero) is 1. The molecule has 0 saturated carbocycles. The largest absolute Gasteiger partial charge is 0.507 e. The van der Waals surface area contributed by atoms with Crippen LogP contribution in [0.5, 0.6) is 23.0 Å². The normalized spacial score (nSPS) is 10.6. The fourth-order valence-electron chi connectivity index (χ4n) is 5.46. The van der Waals surface area contributed by atoms with Crippen LogP contribution in [0.3, 0.4) is 0 Å². The molecule has 0 saturated heterocycles. The van der Waals surface area contributed by atoms with Crippen LogP contribution in [0.25, 0.3) is 6.08 Å². The number of carbonyl (C=O) groups is 3. The van der Waals surface area contributed by atoms with Crippen LogP contribution in [0.4, 0.5) is 0 Å². The van der Waals surface area contributed by atoms with Crippen molar-refractivity contribution in [3.05, 3.63) is 123 Å². The minimum absolute atomic E-state index is 0.0542. The Bertz CT molecular complexity index is 1790. The summed E-state index contributed by atoms with van der Waals surface area (Å²) in [5.41, 5.74) is 5.96. The molecule has 0 heterocycles. The molecule has 7 nitrogen and oxygen atoms in total. The van der Waals surface area contributed by atoms with Gasteiger partial charge in [-0.3, -0.25) is 14.4 Å². The monoisotopic (exact) mass is 814 g/mol. The molecule has 0 amide bonds. The molecule has 0 aliphatic carbocycles. The number of hydrogen-bond donors (Lipinski definition) is 2. The van der Waals surface area contributed by atoms with Gasteiger partial charge in [-0.25, -0.2) is 0 Å². The number of ketones is 2. The first-order valence-electron chi connectivity index (χ1n) is 19.8. The number of aromatic hydroxyl groups is 2. The minimum Gasteiger partial charge on any atom is -0.507 e. The summed E-state index contributed by atoms with van der Waals surface area (Å²) in [5.74, 6) is 6.67. The van der Waals surface area contributed by atoms with Gasteiger partial charge in [-0.05, 0) is 166 Å². The van der Waals surface area contributed by atoms with E-state index in [1.54, 1.807) is 57.2 Å². The van der Waals surface area contributed by atoms with Crippen molar-refractivity contribution in [3.63, 3.8) is 0 Å². The zero-order valence-electron chi connectivity index (χ0n) is 34.9. The summed E-state index contributed by atoms with van der Waals surface area (Å²) in [7, 11) is 0. The number of allylic oxidation sites excluding steroid dienone is 1. The number of aldehydes is 1. The number of aryl methyl sites for hydroxylation is 4. The molecule has 0 atom stereocenters. The van der Waals surface area contributed by atoms with Crippen molar-refractivity contribution >= 4 is 47.5 Å². The molecule has 0 spiro atoms. The standard InChI is InChI=1S/C24H30O3S.C15H22O2S.C9H10O2/c1-4-5-6-14-28-15-13-27-22-10-8-21(9-11-22)23(25)12-7-20-16-18(2)24(26)19(3)17-20;1-3-4-5-11-18-12-10-17-15-8-6-14(7-9-15)13(2)16;1-6-3-8(5-10)4-7(2)9(6)11/h7-12,16-17,26H,4-6,13-15H2,1-3H3;6-9H,3-5,10-12H2,1-2H3;3-5,11H,1-2H3/b12-7+;;. The smallest absolute Gasteiger partial charge is 0.185 e. The van der Waals surface area contributed by atoms with E-state index < -0.39 is 0 Å². The van der Waals surface area contributed by atoms with Crippen molar-refractivity contribution < 1.29 is 34.1 Å². The zero-order chi connectivity index (χ0) is 42.0. The van der Waals surface area contributed by atoms with Gasteiger partial charge in [0.1, 0.15) is 29.3 Å². The fraction of sp³-hybridized carbons (Fsp3) is 0.396. The van der Waals surface area contributed by atoms with Gasteiger partial charge in [-0.1, -0.05) is 45.6 Å². The highest BCUT2D eigenvalue weighted by atomic mass is 32.2. The van der Waals surface area contributed by atoms with Crippen LogP contribution in [0.15, 0.2) is 78.9 Å². The topological polar surface area (TPSA) is 110 Å². The Labute approximate surface area is 349 Å². The van der Waals surface area contributed by atoms with Crippen molar-refractivity contribution in [2.75, 3.05) is 36.2 Å². The van der Waals surface area contributed by atoms with Crippen LogP contribution >= 0.6 is 23.5 Å². The molecule has 4 aromatic rings. The van der Waals surface area contributed by atoms with Gasteiger partial charge in [-0.2, -0.15) is 23.5 Å². The third-order valence-corrected chi connectivity index (χ3v) is 10.8. The van der Waals surface area contributed by atoms with Crippen LogP contribution < -0.4 is 9.47 Å². The summed E-state index contributed by atoms with van der Waals surface area (Å²) in [5, 5.41) is 19.1. The first-order valence-corrected chi connectivity index (χ1v) is 22.1. The summed E-state index contributed by atoms with van der Waals surface area (Å²) >= 11 is 3.87. The summed E-state index contributed by atoms with van der Waals surface area (Å²) < 4.78 is 11.4. The number of hydrogen-bond acceptors (Lipinski definition) is 9. The average molecular weight is 815 g/mol. The van der Waals surface area contributed by atoms with Crippen LogP contribution in [-0.2, 0) is 0 Å². The van der Waals surface area contributed by atoms with Gasteiger partial charge in [0.05, 0.1) is 13.2 Å². The van der Waals surface area contributed by atoms with Gasteiger partial charge in [0.25, 0.3) is 0 Å². The van der Waals surface area contributed by atoms with E-state index in [2.05, 4.69) is 13.8 Å². The highest BCUT2D eigenvalue weighted by Gasteiger charge is 2.06. The van der Waals surface area contributed by atoms with E-state index in [1.807, 2.05) is 85.9 Å². The quantitative estimate of drug-likeness (QED) is 0.0368. The summed E-state index contributed by atoms with van der Waals surface area (Å²) in [6.07, 6.45) is 11.8. The van der Waals surface area contributed by atoms with Gasteiger partial charge in [0.2, 0.25) is 0 Å². The maximum Gasteiger partial charge on any atom is 0.185 e. The summed E-state index contributed by atoms with van der Waals surface area (Å²) in [4.78, 5) is 33.8. The second kappa shape index (κ2) is 28.0. The number of rotatable bonds is 21. The van der Waals surface area contributed by atoms with E-state index in [4.69, 9.17) is 9.47 Å². The molecule has 0 aromatic heterocycles. The molecule has 0 radical (unpaired) electrons. The van der Waals surface area contributed by atoms with E-state index in [1.165, 1.54) is 50.0 Å². The first-order chi connectivity index (χ1) is 27.4. The Hall–Kier alpha value is -4.47. The minimum atomic E-state index is -0.0542. The van der Waals surface area contributed by atoms with Gasteiger partial charge >= 0.3 is 0 Å². The number of phenolic OH excluding ortho intramolecular Hbond substituents is 2. The molecule has 308 valence electrons. The van der Waals surface area contributed by atoms with E-state index >= 15 is 0 Å². The highest BCUT2D eigenvalue weighted by molar-refractivity contribution is 7.99. The predicted molar refractivity (Wildman–Crippen MR) is 241 cm³/mol. The number of benzene rings is 4.